The second-order valence-electron chi connectivity index (χ2n) is 4.96. The summed E-state index contributed by atoms with van der Waals surface area (Å²) in [5.74, 6) is -1.13. The number of aromatic nitrogens is 2. The Morgan fingerprint density at radius 2 is 1.76 bits per heavy atom. The van der Waals surface area contributed by atoms with E-state index < -0.39 is 26.9 Å². The van der Waals surface area contributed by atoms with Crippen molar-refractivity contribution in [1.29, 1.82) is 0 Å². The Hall–Kier alpha value is -2.69. The molecule has 2 amide bonds. The predicted octanol–water partition coefficient (Wildman–Crippen LogP) is 0.559. The summed E-state index contributed by atoms with van der Waals surface area (Å²) in [6.45, 7) is 6.29. The fourth-order valence-electron chi connectivity index (χ4n) is 1.86. The fraction of sp³-hybridized carbons (Fsp3) is 0.429. The molecule has 25 heavy (non-hydrogen) atoms. The molecule has 0 unspecified atom stereocenters. The quantitative estimate of drug-likeness (QED) is 0.487. The third-order valence-electron chi connectivity index (χ3n) is 2.88. The first kappa shape index (κ1) is 20.4. The fourth-order valence-corrected chi connectivity index (χ4v) is 3.04. The zero-order valence-electron chi connectivity index (χ0n) is 14.6. The van der Waals surface area contributed by atoms with Crippen molar-refractivity contribution in [3.8, 4) is 0 Å². The number of carbonyl (C=O) groups is 2. The van der Waals surface area contributed by atoms with E-state index in [4.69, 9.17) is 4.74 Å². The van der Waals surface area contributed by atoms with Crippen molar-refractivity contribution in [3.05, 3.63) is 28.1 Å². The van der Waals surface area contributed by atoms with Crippen LogP contribution < -0.4 is 15.4 Å². The number of amides is 2. The van der Waals surface area contributed by atoms with E-state index in [2.05, 4.69) is 20.6 Å². The van der Waals surface area contributed by atoms with Gasteiger partial charge in [-0.3, -0.25) is 5.32 Å². The number of sulfonamides is 1. The number of urea groups is 1. The number of allylic oxidation sites excluding steroid dienone is 1. The van der Waals surface area contributed by atoms with E-state index in [1.165, 1.54) is 20.9 Å². The molecule has 1 rings (SSSR count). The van der Waals surface area contributed by atoms with Crippen molar-refractivity contribution in [3.63, 3.8) is 0 Å². The molecular weight excluding hydrogens is 350 g/mol. The highest BCUT2D eigenvalue weighted by Crippen LogP contribution is 2.12. The number of nitrogens with one attached hydrogen (secondary N) is 3. The van der Waals surface area contributed by atoms with Crippen LogP contribution >= 0.6 is 0 Å². The van der Waals surface area contributed by atoms with Gasteiger partial charge in [0.05, 0.1) is 6.61 Å². The van der Waals surface area contributed by atoms with Gasteiger partial charge in [-0.2, -0.15) is 0 Å². The van der Waals surface area contributed by atoms with Crippen molar-refractivity contribution in [2.24, 2.45) is 0 Å². The van der Waals surface area contributed by atoms with Gasteiger partial charge in [0.15, 0.2) is 4.91 Å². The lowest BCUT2D eigenvalue weighted by Crippen LogP contribution is -2.38. The van der Waals surface area contributed by atoms with Crippen molar-refractivity contribution in [1.82, 2.24) is 20.0 Å². The molecule has 0 aliphatic carbocycles. The first-order valence-corrected chi connectivity index (χ1v) is 8.80. The molecule has 0 aliphatic rings. The summed E-state index contributed by atoms with van der Waals surface area (Å²) in [6.07, 6.45) is 0. The Kier molecular flexibility index (Phi) is 6.86. The summed E-state index contributed by atoms with van der Waals surface area (Å²) < 4.78 is 31.2. The largest absolute Gasteiger partial charge is 0.462 e. The molecule has 0 fully saturated rings. The number of anilines is 1. The van der Waals surface area contributed by atoms with Crippen LogP contribution in [0.15, 0.2) is 16.7 Å². The van der Waals surface area contributed by atoms with Gasteiger partial charge in [-0.1, -0.05) is 0 Å². The summed E-state index contributed by atoms with van der Waals surface area (Å²) in [6, 6.07) is 0.591. The lowest BCUT2D eigenvalue weighted by atomic mass is 10.4. The van der Waals surface area contributed by atoms with Crippen molar-refractivity contribution >= 4 is 28.0 Å². The van der Waals surface area contributed by atoms with Crippen molar-refractivity contribution in [2.75, 3.05) is 19.0 Å². The number of ether oxygens (including phenoxy) is 1. The molecule has 0 radical (unpaired) electrons. The lowest BCUT2D eigenvalue weighted by molar-refractivity contribution is -0.137. The highest BCUT2D eigenvalue weighted by atomic mass is 32.2. The van der Waals surface area contributed by atoms with E-state index in [0.717, 1.165) is 0 Å². The van der Waals surface area contributed by atoms with Crippen LogP contribution in [0.5, 0.6) is 0 Å². The molecule has 1 aromatic rings. The van der Waals surface area contributed by atoms with Crippen LogP contribution in [0.25, 0.3) is 0 Å². The topological polar surface area (TPSA) is 139 Å². The summed E-state index contributed by atoms with van der Waals surface area (Å²) in [4.78, 5) is 31.1. The second-order valence-corrected chi connectivity index (χ2v) is 6.58. The van der Waals surface area contributed by atoms with E-state index in [-0.39, 0.29) is 18.3 Å². The average molecular weight is 371 g/mol. The highest BCUT2D eigenvalue weighted by Gasteiger charge is 2.30. The molecule has 0 spiro atoms. The Morgan fingerprint density at radius 3 is 2.24 bits per heavy atom. The molecule has 1 aromatic heterocycles. The number of hydrogen-bond donors (Lipinski definition) is 3. The molecule has 0 saturated carbocycles. The zero-order valence-corrected chi connectivity index (χ0v) is 15.4. The smallest absolute Gasteiger partial charge is 0.353 e. The van der Waals surface area contributed by atoms with Crippen molar-refractivity contribution in [2.45, 2.75) is 27.7 Å². The van der Waals surface area contributed by atoms with Gasteiger partial charge < -0.3 is 10.1 Å². The van der Waals surface area contributed by atoms with E-state index in [1.54, 1.807) is 24.6 Å². The molecule has 0 aromatic carbocycles. The standard InChI is InChI=1S/C14H21N5O5S/c1-6-24-12(20)11(10(4)15-5)25(22,23)19-14(21)18-13-16-8(2)7-9(3)17-13/h7,15H,6H2,1-5H3,(H2,16,17,18,19,21)/b11-10-. The summed E-state index contributed by atoms with van der Waals surface area (Å²) in [7, 11) is -3.03. The van der Waals surface area contributed by atoms with Gasteiger partial charge in [0.2, 0.25) is 5.95 Å². The van der Waals surface area contributed by atoms with Gasteiger partial charge in [0, 0.05) is 24.1 Å². The average Bonchev–Trinajstić information content (AvgIpc) is 2.44. The van der Waals surface area contributed by atoms with E-state index >= 15 is 0 Å². The number of nitrogens with zero attached hydrogens (tertiary/aromatic N) is 2. The van der Waals surface area contributed by atoms with Crippen LogP contribution in [-0.2, 0) is 19.6 Å². The molecule has 138 valence electrons. The third-order valence-corrected chi connectivity index (χ3v) is 4.34. The molecule has 10 nitrogen and oxygen atoms in total. The van der Waals surface area contributed by atoms with Gasteiger partial charge in [-0.15, -0.1) is 0 Å². The first-order chi connectivity index (χ1) is 11.6. The number of aryl methyl sites for hydroxylation is 2. The molecule has 0 saturated heterocycles. The van der Waals surface area contributed by atoms with Crippen molar-refractivity contribution < 1.29 is 22.7 Å². The third kappa shape index (κ3) is 5.71. The second kappa shape index (κ2) is 8.42. The molecular formula is C14H21N5O5S. The minimum Gasteiger partial charge on any atom is -0.462 e. The van der Waals surface area contributed by atoms with Gasteiger partial charge in [-0.05, 0) is 33.8 Å². The predicted molar refractivity (Wildman–Crippen MR) is 91.0 cm³/mol. The van der Waals surface area contributed by atoms with E-state index in [9.17, 15) is 18.0 Å². The van der Waals surface area contributed by atoms with Gasteiger partial charge >= 0.3 is 12.0 Å². The molecule has 11 heteroatoms. The minimum absolute atomic E-state index is 0.0164. The zero-order chi connectivity index (χ0) is 19.2. The molecule has 1 heterocycles. The van der Waals surface area contributed by atoms with Crippen LogP contribution in [-0.4, -0.2) is 44.0 Å². The maximum atomic E-state index is 12.4. The van der Waals surface area contributed by atoms with Gasteiger partial charge in [0.1, 0.15) is 0 Å². The molecule has 3 N–H and O–H groups in total. The molecule has 0 atom stereocenters. The molecule has 0 bridgehead atoms. The summed E-state index contributed by atoms with van der Waals surface area (Å²) in [5.41, 5.74) is 1.23. The van der Waals surface area contributed by atoms with Crippen LogP contribution in [0.2, 0.25) is 0 Å². The number of esters is 1. The van der Waals surface area contributed by atoms with E-state index in [0.29, 0.717) is 11.4 Å². The number of rotatable bonds is 6. The van der Waals surface area contributed by atoms with Crippen LogP contribution in [0.4, 0.5) is 10.7 Å². The number of carbonyl (C=O) groups excluding carboxylic acids is 2. The minimum atomic E-state index is -4.47. The summed E-state index contributed by atoms with van der Waals surface area (Å²) in [5, 5.41) is 4.77. The van der Waals surface area contributed by atoms with E-state index in [1.807, 2.05) is 0 Å². The van der Waals surface area contributed by atoms with Crippen LogP contribution in [0, 0.1) is 13.8 Å². The Morgan fingerprint density at radius 1 is 1.20 bits per heavy atom. The maximum absolute atomic E-state index is 12.4. The SMILES string of the molecule is CCOC(=O)/C(=C(\C)NC)S(=O)(=O)NC(=O)Nc1nc(C)cc(C)n1. The first-order valence-electron chi connectivity index (χ1n) is 7.32. The monoisotopic (exact) mass is 371 g/mol. The maximum Gasteiger partial charge on any atom is 0.353 e. The van der Waals surface area contributed by atoms with Gasteiger partial charge in [-0.25, -0.2) is 32.7 Å². The number of hydrogen-bond acceptors (Lipinski definition) is 8. The molecule has 0 aliphatic heterocycles. The normalized spacial score (nSPS) is 12.0. The Labute approximate surface area is 146 Å². The summed E-state index contributed by atoms with van der Waals surface area (Å²) >= 11 is 0. The Balaban J connectivity index is 3.04. The van der Waals surface area contributed by atoms with Crippen LogP contribution in [0.1, 0.15) is 25.2 Å². The highest BCUT2D eigenvalue weighted by molar-refractivity contribution is 7.94. The lowest BCUT2D eigenvalue weighted by Gasteiger charge is -2.13. The van der Waals surface area contributed by atoms with Crippen LogP contribution in [0.3, 0.4) is 0 Å². The Bertz CT molecular complexity index is 784. The van der Waals surface area contributed by atoms with Gasteiger partial charge in [0.25, 0.3) is 10.0 Å².